The van der Waals surface area contributed by atoms with Gasteiger partial charge in [-0.25, -0.2) is 18.7 Å². The van der Waals surface area contributed by atoms with Crippen LogP contribution < -0.4 is 14.6 Å². The van der Waals surface area contributed by atoms with Crippen LogP contribution in [0.4, 0.5) is 0 Å². The number of H-pyrrole nitrogens is 1. The summed E-state index contributed by atoms with van der Waals surface area (Å²) in [4.78, 5) is 3.82. The Kier molecular flexibility index (Phi) is 2.64. The number of aromatic nitrogens is 3. The van der Waals surface area contributed by atoms with E-state index in [9.17, 15) is 8.42 Å². The van der Waals surface area contributed by atoms with Crippen LogP contribution in [0.5, 0.6) is 11.5 Å². The first-order valence-electron chi connectivity index (χ1n) is 5.39. The summed E-state index contributed by atoms with van der Waals surface area (Å²) in [6.45, 7) is 0.968. The third-order valence-electron chi connectivity index (χ3n) is 2.53. The number of aromatic amines is 1. The fourth-order valence-corrected chi connectivity index (χ4v) is 2.07. The van der Waals surface area contributed by atoms with Crippen molar-refractivity contribution in [2.75, 3.05) is 13.2 Å². The summed E-state index contributed by atoms with van der Waals surface area (Å²) in [6, 6.07) is 5.12. The second-order valence-corrected chi connectivity index (χ2v) is 5.34. The van der Waals surface area contributed by atoms with Crippen LogP contribution in [0.25, 0.3) is 11.4 Å². The van der Waals surface area contributed by atoms with Crippen molar-refractivity contribution in [1.29, 1.82) is 0 Å². The minimum atomic E-state index is -3.89. The van der Waals surface area contributed by atoms with Gasteiger partial charge in [0, 0.05) is 5.56 Å². The molecule has 0 radical (unpaired) electrons. The van der Waals surface area contributed by atoms with Crippen LogP contribution in [-0.2, 0) is 10.0 Å². The van der Waals surface area contributed by atoms with Crippen molar-refractivity contribution >= 4 is 10.0 Å². The van der Waals surface area contributed by atoms with Gasteiger partial charge in [0.2, 0.25) is 0 Å². The van der Waals surface area contributed by atoms with Gasteiger partial charge in [0.25, 0.3) is 15.2 Å². The predicted molar refractivity (Wildman–Crippen MR) is 64.2 cm³/mol. The highest BCUT2D eigenvalue weighted by atomic mass is 32.2. The predicted octanol–water partition coefficient (Wildman–Crippen LogP) is -0.110. The van der Waals surface area contributed by atoms with E-state index in [1.807, 2.05) is 0 Å². The molecule has 0 saturated carbocycles. The van der Waals surface area contributed by atoms with Gasteiger partial charge in [0.05, 0.1) is 0 Å². The molecule has 0 fully saturated rings. The van der Waals surface area contributed by atoms with Crippen LogP contribution in [0.2, 0.25) is 0 Å². The van der Waals surface area contributed by atoms with E-state index in [-0.39, 0.29) is 11.0 Å². The zero-order valence-corrected chi connectivity index (χ0v) is 10.5. The number of ether oxygens (including phenoxy) is 2. The fraction of sp³-hybridized carbons (Fsp3) is 0.200. The molecule has 2 heterocycles. The smallest absolute Gasteiger partial charge is 0.273 e. The molecule has 0 bridgehead atoms. The topological polar surface area (TPSA) is 120 Å². The molecule has 1 aromatic carbocycles. The van der Waals surface area contributed by atoms with Gasteiger partial charge in [0.1, 0.15) is 13.2 Å². The van der Waals surface area contributed by atoms with Crippen molar-refractivity contribution in [3.63, 3.8) is 0 Å². The van der Waals surface area contributed by atoms with Gasteiger partial charge < -0.3 is 9.47 Å². The zero-order valence-electron chi connectivity index (χ0n) is 9.66. The van der Waals surface area contributed by atoms with Crippen LogP contribution >= 0.6 is 0 Å². The molecule has 1 aromatic heterocycles. The summed E-state index contributed by atoms with van der Waals surface area (Å²) < 4.78 is 33.0. The van der Waals surface area contributed by atoms with E-state index in [2.05, 4.69) is 15.2 Å². The highest BCUT2D eigenvalue weighted by Gasteiger charge is 2.17. The van der Waals surface area contributed by atoms with E-state index in [4.69, 9.17) is 14.6 Å². The van der Waals surface area contributed by atoms with Gasteiger partial charge in [0.15, 0.2) is 17.3 Å². The monoisotopic (exact) mass is 282 g/mol. The minimum Gasteiger partial charge on any atom is -0.486 e. The summed E-state index contributed by atoms with van der Waals surface area (Å²) in [7, 11) is -3.89. The van der Waals surface area contributed by atoms with E-state index in [1.54, 1.807) is 18.2 Å². The van der Waals surface area contributed by atoms with Crippen LogP contribution in [0.1, 0.15) is 0 Å². The SMILES string of the molecule is NS(=O)(=O)c1nc(-c2ccc3c(c2)OCCO3)n[nH]1. The Labute approximate surface area is 108 Å². The van der Waals surface area contributed by atoms with Crippen LogP contribution in [-0.4, -0.2) is 36.8 Å². The molecule has 3 rings (SSSR count). The second kappa shape index (κ2) is 4.21. The van der Waals surface area contributed by atoms with Gasteiger partial charge in [-0.15, -0.1) is 0 Å². The Morgan fingerprint density at radius 2 is 1.95 bits per heavy atom. The highest BCUT2D eigenvalue weighted by Crippen LogP contribution is 2.33. The Morgan fingerprint density at radius 1 is 1.21 bits per heavy atom. The lowest BCUT2D eigenvalue weighted by Crippen LogP contribution is -2.15. The van der Waals surface area contributed by atoms with Crippen molar-refractivity contribution in [2.24, 2.45) is 5.14 Å². The maximum atomic E-state index is 11.1. The summed E-state index contributed by atoms with van der Waals surface area (Å²) in [5.74, 6) is 1.43. The number of hydrogen-bond acceptors (Lipinski definition) is 6. The average Bonchev–Trinajstić information content (AvgIpc) is 2.87. The Bertz CT molecular complexity index is 725. The minimum absolute atomic E-state index is 0.223. The fourth-order valence-electron chi connectivity index (χ4n) is 1.69. The first-order valence-corrected chi connectivity index (χ1v) is 6.94. The van der Waals surface area contributed by atoms with E-state index >= 15 is 0 Å². The number of rotatable bonds is 2. The zero-order chi connectivity index (χ0) is 13.5. The molecule has 2 aromatic rings. The van der Waals surface area contributed by atoms with E-state index in [0.29, 0.717) is 30.3 Å². The molecule has 0 unspecified atom stereocenters. The van der Waals surface area contributed by atoms with Gasteiger partial charge in [-0.05, 0) is 18.2 Å². The molecule has 0 aliphatic carbocycles. The van der Waals surface area contributed by atoms with Crippen molar-refractivity contribution in [2.45, 2.75) is 5.16 Å². The molecule has 0 spiro atoms. The number of nitrogens with two attached hydrogens (primary N) is 1. The number of sulfonamides is 1. The van der Waals surface area contributed by atoms with Gasteiger partial charge in [-0.2, -0.15) is 10.1 Å². The number of hydrogen-bond donors (Lipinski definition) is 2. The summed E-state index contributed by atoms with van der Waals surface area (Å²) in [6.07, 6.45) is 0. The lowest BCUT2D eigenvalue weighted by Gasteiger charge is -2.18. The molecule has 0 amide bonds. The normalized spacial score (nSPS) is 14.4. The van der Waals surface area contributed by atoms with Crippen molar-refractivity contribution in [1.82, 2.24) is 15.2 Å². The standard InChI is InChI=1S/C10H10N4O4S/c11-19(15,16)10-12-9(13-14-10)6-1-2-7-8(5-6)18-4-3-17-7/h1-2,5H,3-4H2,(H2,11,15,16)(H,12,13,14). The Balaban J connectivity index is 2.00. The number of nitrogens with zero attached hydrogens (tertiary/aromatic N) is 2. The van der Waals surface area contributed by atoms with Crippen molar-refractivity contribution in [3.05, 3.63) is 18.2 Å². The average molecular weight is 282 g/mol. The van der Waals surface area contributed by atoms with Crippen LogP contribution in [0.15, 0.2) is 23.4 Å². The van der Waals surface area contributed by atoms with Gasteiger partial charge in [-0.3, -0.25) is 0 Å². The Hall–Kier alpha value is -2.13. The molecular formula is C10H10N4O4S. The molecule has 3 N–H and O–H groups in total. The van der Waals surface area contributed by atoms with E-state index < -0.39 is 10.0 Å². The molecule has 19 heavy (non-hydrogen) atoms. The quantitative estimate of drug-likeness (QED) is 0.793. The van der Waals surface area contributed by atoms with E-state index in [1.165, 1.54) is 0 Å². The number of nitrogens with one attached hydrogen (secondary N) is 1. The maximum absolute atomic E-state index is 11.1. The molecule has 0 saturated heterocycles. The first-order chi connectivity index (χ1) is 9.04. The van der Waals surface area contributed by atoms with Crippen molar-refractivity contribution < 1.29 is 17.9 Å². The van der Waals surface area contributed by atoms with Gasteiger partial charge >= 0.3 is 0 Å². The third-order valence-corrected chi connectivity index (χ3v) is 3.26. The van der Waals surface area contributed by atoms with Crippen molar-refractivity contribution in [3.8, 4) is 22.9 Å². The molecule has 1 aliphatic rings. The molecule has 9 heteroatoms. The summed E-state index contributed by atoms with van der Waals surface area (Å²) in [5.41, 5.74) is 0.607. The second-order valence-electron chi connectivity index (χ2n) is 3.87. The maximum Gasteiger partial charge on any atom is 0.273 e. The molecule has 8 nitrogen and oxygen atoms in total. The largest absolute Gasteiger partial charge is 0.486 e. The summed E-state index contributed by atoms with van der Waals surface area (Å²) >= 11 is 0. The van der Waals surface area contributed by atoms with Gasteiger partial charge in [-0.1, -0.05) is 0 Å². The molecule has 0 atom stereocenters. The first kappa shape index (κ1) is 11.9. The van der Waals surface area contributed by atoms with E-state index in [0.717, 1.165) is 0 Å². The van der Waals surface area contributed by atoms with Crippen LogP contribution in [0.3, 0.4) is 0 Å². The third kappa shape index (κ3) is 2.25. The Morgan fingerprint density at radius 3 is 2.63 bits per heavy atom. The van der Waals surface area contributed by atoms with Crippen LogP contribution in [0, 0.1) is 0 Å². The number of primary sulfonamides is 1. The highest BCUT2D eigenvalue weighted by molar-refractivity contribution is 7.89. The molecular weight excluding hydrogens is 272 g/mol. The molecule has 1 aliphatic heterocycles. The lowest BCUT2D eigenvalue weighted by atomic mass is 10.2. The molecule has 100 valence electrons. The summed E-state index contributed by atoms with van der Waals surface area (Å²) in [5, 5.41) is 10.7. The number of benzene rings is 1. The number of fused-ring (bicyclic) bond motifs is 1. The lowest BCUT2D eigenvalue weighted by molar-refractivity contribution is 0.171.